The van der Waals surface area contributed by atoms with E-state index in [1.165, 1.54) is 12.1 Å². The van der Waals surface area contributed by atoms with Crippen LogP contribution in [0.4, 0.5) is 5.69 Å². The van der Waals surface area contributed by atoms with Crippen molar-refractivity contribution in [2.75, 3.05) is 37.6 Å². The Balaban J connectivity index is 1.21. The average molecular weight is 391 g/mol. The molecule has 2 aromatic carbocycles. The molecular formula is C24H30N4O. The van der Waals surface area contributed by atoms with Gasteiger partial charge in [0.15, 0.2) is 0 Å². The Labute approximate surface area is 172 Å². The number of aryl methyl sites for hydroxylation is 1. The summed E-state index contributed by atoms with van der Waals surface area (Å²) in [5.41, 5.74) is 2.21. The normalized spacial score (nSPS) is 15.1. The van der Waals surface area contributed by atoms with E-state index in [0.29, 0.717) is 0 Å². The van der Waals surface area contributed by atoms with Gasteiger partial charge in [-0.15, -0.1) is 0 Å². The van der Waals surface area contributed by atoms with Crippen molar-refractivity contribution < 1.29 is 0 Å². The maximum Gasteiger partial charge on any atom is 0.261 e. The number of unbranched alkanes of at least 4 members (excludes halogenated alkanes) is 2. The quantitative estimate of drug-likeness (QED) is 0.577. The molecule has 0 radical (unpaired) electrons. The molecule has 0 amide bonds. The smallest absolute Gasteiger partial charge is 0.261 e. The lowest BCUT2D eigenvalue weighted by molar-refractivity contribution is 0.251. The van der Waals surface area contributed by atoms with Crippen molar-refractivity contribution in [2.45, 2.75) is 32.7 Å². The van der Waals surface area contributed by atoms with Crippen LogP contribution in [0.3, 0.4) is 0 Å². The zero-order valence-electron chi connectivity index (χ0n) is 17.3. The van der Waals surface area contributed by atoms with Crippen molar-refractivity contribution >= 4 is 16.6 Å². The second-order valence-corrected chi connectivity index (χ2v) is 7.86. The van der Waals surface area contributed by atoms with Crippen LogP contribution in [0, 0.1) is 6.92 Å². The highest BCUT2D eigenvalue weighted by atomic mass is 16.1. The van der Waals surface area contributed by atoms with Crippen LogP contribution in [0.5, 0.6) is 0 Å². The third-order valence-corrected chi connectivity index (χ3v) is 5.90. The van der Waals surface area contributed by atoms with Crippen molar-refractivity contribution in [3.05, 3.63) is 70.8 Å². The molecule has 0 bridgehead atoms. The first-order chi connectivity index (χ1) is 14.2. The van der Waals surface area contributed by atoms with Gasteiger partial charge in [-0.3, -0.25) is 14.3 Å². The van der Waals surface area contributed by atoms with Gasteiger partial charge in [-0.05, 0) is 50.6 Å². The summed E-state index contributed by atoms with van der Waals surface area (Å²) in [5.74, 6) is 0.811. The number of nitrogens with zero attached hydrogens (tertiary/aromatic N) is 4. The standard InChI is InChI=1S/C24H30N4O/c1-20-25-23-13-7-6-12-22(23)24(29)28(20)15-9-3-8-14-26-16-18-27(19-17-26)21-10-4-2-5-11-21/h2,4-7,10-13H,3,8-9,14-19H2,1H3. The van der Waals surface area contributed by atoms with Crippen LogP contribution in [0.2, 0.25) is 0 Å². The van der Waals surface area contributed by atoms with Crippen molar-refractivity contribution in [2.24, 2.45) is 0 Å². The van der Waals surface area contributed by atoms with Crippen LogP contribution >= 0.6 is 0 Å². The molecule has 1 aliphatic rings. The number of hydrogen-bond donors (Lipinski definition) is 0. The van der Waals surface area contributed by atoms with Gasteiger partial charge in [-0.1, -0.05) is 36.8 Å². The summed E-state index contributed by atoms with van der Waals surface area (Å²) < 4.78 is 1.83. The van der Waals surface area contributed by atoms with Gasteiger partial charge < -0.3 is 4.90 Å². The van der Waals surface area contributed by atoms with Gasteiger partial charge in [0.2, 0.25) is 0 Å². The molecule has 4 rings (SSSR count). The van der Waals surface area contributed by atoms with Crippen LogP contribution in [-0.2, 0) is 6.54 Å². The molecule has 2 heterocycles. The third-order valence-electron chi connectivity index (χ3n) is 5.90. The number of rotatable bonds is 7. The summed E-state index contributed by atoms with van der Waals surface area (Å²) in [6, 6.07) is 18.3. The van der Waals surface area contributed by atoms with Gasteiger partial charge in [-0.25, -0.2) is 4.98 Å². The van der Waals surface area contributed by atoms with Crippen LogP contribution in [0.25, 0.3) is 10.9 Å². The molecule has 0 unspecified atom stereocenters. The zero-order valence-corrected chi connectivity index (χ0v) is 17.3. The minimum absolute atomic E-state index is 0.0881. The highest BCUT2D eigenvalue weighted by Crippen LogP contribution is 2.16. The molecule has 0 spiro atoms. The molecule has 1 aliphatic heterocycles. The van der Waals surface area contributed by atoms with E-state index in [9.17, 15) is 4.79 Å². The van der Waals surface area contributed by atoms with Gasteiger partial charge in [0, 0.05) is 38.4 Å². The van der Waals surface area contributed by atoms with Gasteiger partial charge >= 0.3 is 0 Å². The summed E-state index contributed by atoms with van der Waals surface area (Å²) in [7, 11) is 0. The predicted octanol–water partition coefficient (Wildman–Crippen LogP) is 3.70. The molecule has 0 saturated carbocycles. The van der Waals surface area contributed by atoms with Crippen molar-refractivity contribution in [3.63, 3.8) is 0 Å². The molecule has 29 heavy (non-hydrogen) atoms. The first-order valence-corrected chi connectivity index (χ1v) is 10.7. The molecular weight excluding hydrogens is 360 g/mol. The van der Waals surface area contributed by atoms with Crippen LogP contribution in [0.15, 0.2) is 59.4 Å². The third kappa shape index (κ3) is 4.67. The van der Waals surface area contributed by atoms with Gasteiger partial charge in [0.05, 0.1) is 10.9 Å². The number of anilines is 1. The van der Waals surface area contributed by atoms with E-state index >= 15 is 0 Å². The SMILES string of the molecule is Cc1nc2ccccc2c(=O)n1CCCCCN1CCN(c2ccccc2)CC1. The molecule has 1 fully saturated rings. The van der Waals surface area contributed by atoms with E-state index in [-0.39, 0.29) is 5.56 Å². The Kier molecular flexibility index (Phi) is 6.25. The number of aromatic nitrogens is 2. The van der Waals surface area contributed by atoms with Gasteiger partial charge in [-0.2, -0.15) is 0 Å². The summed E-state index contributed by atoms with van der Waals surface area (Å²) in [6.07, 6.45) is 3.34. The summed E-state index contributed by atoms with van der Waals surface area (Å²) in [4.78, 5) is 22.3. The summed E-state index contributed by atoms with van der Waals surface area (Å²) in [5, 5.41) is 0.717. The maximum absolute atomic E-state index is 12.7. The number of piperazine rings is 1. The Morgan fingerprint density at radius 3 is 2.31 bits per heavy atom. The van der Waals surface area contributed by atoms with E-state index in [1.54, 1.807) is 0 Å². The fourth-order valence-corrected chi connectivity index (χ4v) is 4.19. The molecule has 152 valence electrons. The first kappa shape index (κ1) is 19.6. The molecule has 0 aliphatic carbocycles. The number of fused-ring (bicyclic) bond motifs is 1. The van der Waals surface area contributed by atoms with E-state index in [1.807, 2.05) is 35.8 Å². The average Bonchev–Trinajstić information content (AvgIpc) is 2.76. The van der Waals surface area contributed by atoms with Gasteiger partial charge in [0.25, 0.3) is 5.56 Å². The molecule has 1 aromatic heterocycles. The summed E-state index contributed by atoms with van der Waals surface area (Å²) >= 11 is 0. The Bertz CT molecular complexity index is 991. The second-order valence-electron chi connectivity index (χ2n) is 7.86. The second kappa shape index (κ2) is 9.23. The van der Waals surface area contributed by atoms with Crippen LogP contribution < -0.4 is 10.5 Å². The Hall–Kier alpha value is -2.66. The molecule has 1 saturated heterocycles. The van der Waals surface area contributed by atoms with Crippen LogP contribution in [-0.4, -0.2) is 47.2 Å². The summed E-state index contributed by atoms with van der Waals surface area (Å²) in [6.45, 7) is 8.28. The topological polar surface area (TPSA) is 41.4 Å². The Morgan fingerprint density at radius 2 is 1.52 bits per heavy atom. The Morgan fingerprint density at radius 1 is 0.828 bits per heavy atom. The molecule has 5 heteroatoms. The zero-order chi connectivity index (χ0) is 20.1. The maximum atomic E-state index is 12.7. The minimum atomic E-state index is 0.0881. The van der Waals surface area contributed by atoms with Crippen molar-refractivity contribution in [1.82, 2.24) is 14.5 Å². The van der Waals surface area contributed by atoms with Gasteiger partial charge in [0.1, 0.15) is 5.82 Å². The highest BCUT2D eigenvalue weighted by Gasteiger charge is 2.16. The van der Waals surface area contributed by atoms with E-state index < -0.39 is 0 Å². The number of hydrogen-bond acceptors (Lipinski definition) is 4. The van der Waals surface area contributed by atoms with E-state index in [0.717, 1.165) is 68.8 Å². The minimum Gasteiger partial charge on any atom is -0.369 e. The van der Waals surface area contributed by atoms with Crippen LogP contribution in [0.1, 0.15) is 25.1 Å². The molecule has 0 N–H and O–H groups in total. The highest BCUT2D eigenvalue weighted by molar-refractivity contribution is 5.77. The lowest BCUT2D eigenvalue weighted by Crippen LogP contribution is -2.46. The molecule has 5 nitrogen and oxygen atoms in total. The van der Waals surface area contributed by atoms with E-state index in [4.69, 9.17) is 0 Å². The first-order valence-electron chi connectivity index (χ1n) is 10.7. The monoisotopic (exact) mass is 390 g/mol. The largest absolute Gasteiger partial charge is 0.369 e. The van der Waals surface area contributed by atoms with E-state index in [2.05, 4.69) is 45.1 Å². The lowest BCUT2D eigenvalue weighted by Gasteiger charge is -2.36. The number of benzene rings is 2. The fraction of sp³-hybridized carbons (Fsp3) is 0.417. The lowest BCUT2D eigenvalue weighted by atomic mass is 10.2. The number of para-hydroxylation sites is 2. The fourth-order valence-electron chi connectivity index (χ4n) is 4.19. The van der Waals surface area contributed by atoms with Crippen molar-refractivity contribution in [1.29, 1.82) is 0 Å². The van der Waals surface area contributed by atoms with Crippen molar-refractivity contribution in [3.8, 4) is 0 Å². The predicted molar refractivity (Wildman–Crippen MR) is 120 cm³/mol. The molecule has 0 atom stereocenters. The molecule has 3 aromatic rings.